The highest BCUT2D eigenvalue weighted by atomic mass is 19.4. The van der Waals surface area contributed by atoms with E-state index in [0.717, 1.165) is 6.07 Å². The molecule has 0 bridgehead atoms. The van der Waals surface area contributed by atoms with Crippen LogP contribution in [0.3, 0.4) is 0 Å². The maximum Gasteiger partial charge on any atom is 0.417 e. The molecule has 0 aliphatic rings. The third-order valence-electron chi connectivity index (χ3n) is 4.95. The van der Waals surface area contributed by atoms with E-state index in [9.17, 15) is 23.2 Å². The summed E-state index contributed by atoms with van der Waals surface area (Å²) in [6.07, 6.45) is -2.30. The molecule has 0 aliphatic heterocycles. The molecule has 0 spiro atoms. The van der Waals surface area contributed by atoms with Gasteiger partial charge in [-0.3, -0.25) is 4.79 Å². The highest BCUT2D eigenvalue weighted by molar-refractivity contribution is 5.96. The van der Waals surface area contributed by atoms with Gasteiger partial charge in [-0.25, -0.2) is 9.97 Å². The van der Waals surface area contributed by atoms with E-state index in [1.807, 2.05) is 12.1 Å². The van der Waals surface area contributed by atoms with Crippen molar-refractivity contribution in [3.05, 3.63) is 70.9 Å². The van der Waals surface area contributed by atoms with Gasteiger partial charge in [-0.05, 0) is 44.5 Å². The molecule has 0 aliphatic carbocycles. The van der Waals surface area contributed by atoms with Crippen LogP contribution in [0.5, 0.6) is 0 Å². The number of carbonyl (C=O) groups is 1. The van der Waals surface area contributed by atoms with E-state index in [-0.39, 0.29) is 11.4 Å². The second-order valence-corrected chi connectivity index (χ2v) is 7.70. The van der Waals surface area contributed by atoms with Crippen LogP contribution in [0.2, 0.25) is 0 Å². The summed E-state index contributed by atoms with van der Waals surface area (Å²) in [5.41, 5.74) is -3.17. The number of alkyl halides is 3. The zero-order chi connectivity index (χ0) is 24.4. The zero-order valence-electron chi connectivity index (χ0n) is 17.8. The molecule has 3 aromatic rings. The van der Waals surface area contributed by atoms with Gasteiger partial charge in [0.1, 0.15) is 12.4 Å². The minimum absolute atomic E-state index is 0.225. The number of carbonyl (C=O) groups excluding carboxylic acids is 1. The van der Waals surface area contributed by atoms with Crippen molar-refractivity contribution in [1.29, 1.82) is 10.5 Å². The van der Waals surface area contributed by atoms with Crippen LogP contribution in [-0.2, 0) is 11.6 Å². The minimum Gasteiger partial charge on any atom is -0.342 e. The van der Waals surface area contributed by atoms with Crippen molar-refractivity contribution >= 4 is 5.91 Å². The lowest BCUT2D eigenvalue weighted by Crippen LogP contribution is -2.32. The Bertz CT molecular complexity index is 1260. The SMILES string of the molecule is CC(NC(=O)c1cccc(C(C)(C)C#N)c1C(F)(F)F)c1ncnn1-c1ccc(C#N)cn1. The maximum absolute atomic E-state index is 13.9. The molecule has 1 N–H and O–H groups in total. The lowest BCUT2D eigenvalue weighted by Gasteiger charge is -2.24. The summed E-state index contributed by atoms with van der Waals surface area (Å²) in [6.45, 7) is 4.25. The van der Waals surface area contributed by atoms with Crippen molar-refractivity contribution < 1.29 is 18.0 Å². The van der Waals surface area contributed by atoms with E-state index >= 15 is 0 Å². The van der Waals surface area contributed by atoms with E-state index in [1.165, 1.54) is 55.3 Å². The molecule has 33 heavy (non-hydrogen) atoms. The molecule has 8 nitrogen and oxygen atoms in total. The Kier molecular flexibility index (Phi) is 6.18. The van der Waals surface area contributed by atoms with Gasteiger partial charge in [0.05, 0.1) is 34.2 Å². The summed E-state index contributed by atoms with van der Waals surface area (Å²) in [7, 11) is 0. The molecule has 168 valence electrons. The van der Waals surface area contributed by atoms with Crippen LogP contribution in [0.25, 0.3) is 5.82 Å². The summed E-state index contributed by atoms with van der Waals surface area (Å²) >= 11 is 0. The number of hydrogen-bond acceptors (Lipinski definition) is 6. The van der Waals surface area contributed by atoms with Crippen LogP contribution in [0.1, 0.15) is 59.7 Å². The number of pyridine rings is 1. The molecule has 0 saturated carbocycles. The Balaban J connectivity index is 1.96. The van der Waals surface area contributed by atoms with Crippen molar-refractivity contribution in [3.8, 4) is 18.0 Å². The topological polar surface area (TPSA) is 120 Å². The lowest BCUT2D eigenvalue weighted by molar-refractivity contribution is -0.138. The first-order valence-corrected chi connectivity index (χ1v) is 9.69. The molecule has 0 fully saturated rings. The van der Waals surface area contributed by atoms with E-state index in [4.69, 9.17) is 5.26 Å². The smallest absolute Gasteiger partial charge is 0.342 e. The number of amides is 1. The fourth-order valence-electron chi connectivity index (χ4n) is 3.27. The third kappa shape index (κ3) is 4.67. The van der Waals surface area contributed by atoms with Gasteiger partial charge in [-0.1, -0.05) is 12.1 Å². The van der Waals surface area contributed by atoms with Crippen molar-refractivity contribution in [2.24, 2.45) is 0 Å². The lowest BCUT2D eigenvalue weighted by atomic mass is 9.81. The average molecular weight is 453 g/mol. The van der Waals surface area contributed by atoms with Crippen LogP contribution in [-0.4, -0.2) is 25.7 Å². The van der Waals surface area contributed by atoms with Gasteiger partial charge < -0.3 is 5.32 Å². The monoisotopic (exact) mass is 453 g/mol. The first-order chi connectivity index (χ1) is 15.5. The van der Waals surface area contributed by atoms with Gasteiger partial charge in [0.2, 0.25) is 0 Å². The first kappa shape index (κ1) is 23.4. The van der Waals surface area contributed by atoms with E-state index in [1.54, 1.807) is 6.92 Å². The molecular weight excluding hydrogens is 435 g/mol. The molecule has 0 radical (unpaired) electrons. The van der Waals surface area contributed by atoms with Crippen LogP contribution in [0.4, 0.5) is 13.2 Å². The average Bonchev–Trinajstić information content (AvgIpc) is 3.28. The van der Waals surface area contributed by atoms with Gasteiger partial charge in [0.25, 0.3) is 5.91 Å². The molecule has 0 saturated heterocycles. The Morgan fingerprint density at radius 3 is 2.45 bits per heavy atom. The fraction of sp³-hybridized carbons (Fsp3) is 0.273. The van der Waals surface area contributed by atoms with Gasteiger partial charge in [-0.15, -0.1) is 0 Å². The highest BCUT2D eigenvalue weighted by Crippen LogP contribution is 2.39. The van der Waals surface area contributed by atoms with Crippen molar-refractivity contribution in [2.75, 3.05) is 0 Å². The molecule has 1 amide bonds. The van der Waals surface area contributed by atoms with E-state index < -0.39 is 34.7 Å². The summed E-state index contributed by atoms with van der Waals surface area (Å²) in [5.74, 6) is -0.438. The van der Waals surface area contributed by atoms with Crippen molar-refractivity contribution in [1.82, 2.24) is 25.1 Å². The molecule has 11 heteroatoms. The minimum atomic E-state index is -4.85. The summed E-state index contributed by atoms with van der Waals surface area (Å²) in [4.78, 5) is 21.1. The van der Waals surface area contributed by atoms with Gasteiger partial charge in [0.15, 0.2) is 11.6 Å². The summed E-state index contributed by atoms with van der Waals surface area (Å²) in [6, 6.07) is 9.57. The maximum atomic E-state index is 13.9. The first-order valence-electron chi connectivity index (χ1n) is 9.69. The second kappa shape index (κ2) is 8.71. The number of hydrogen-bond donors (Lipinski definition) is 1. The third-order valence-corrected chi connectivity index (χ3v) is 4.95. The van der Waals surface area contributed by atoms with Crippen LogP contribution < -0.4 is 5.32 Å². The van der Waals surface area contributed by atoms with Crippen LogP contribution in [0.15, 0.2) is 42.9 Å². The normalized spacial score (nSPS) is 12.5. The van der Waals surface area contributed by atoms with Gasteiger partial charge in [-0.2, -0.15) is 33.5 Å². The van der Waals surface area contributed by atoms with E-state index in [2.05, 4.69) is 20.4 Å². The zero-order valence-corrected chi connectivity index (χ0v) is 17.8. The predicted octanol–water partition coefficient (Wildman–Crippen LogP) is 3.84. The highest BCUT2D eigenvalue weighted by Gasteiger charge is 2.41. The molecule has 1 atom stereocenters. The standard InChI is InChI=1S/C22H18F3N7O/c1-13(19-29-12-30-32(19)17-8-7-14(9-26)10-28-17)31-20(33)15-5-4-6-16(21(2,3)11-27)18(15)22(23,24)25/h4-8,10,12-13H,1-3H3,(H,31,33). The molecule has 2 aromatic heterocycles. The Labute approximate surface area is 187 Å². The fourth-order valence-corrected chi connectivity index (χ4v) is 3.27. The Hall–Kier alpha value is -4.25. The van der Waals surface area contributed by atoms with E-state index in [0.29, 0.717) is 11.4 Å². The summed E-state index contributed by atoms with van der Waals surface area (Å²) < 4.78 is 43.2. The Morgan fingerprint density at radius 1 is 1.15 bits per heavy atom. The largest absolute Gasteiger partial charge is 0.417 e. The quantitative estimate of drug-likeness (QED) is 0.627. The van der Waals surface area contributed by atoms with Crippen molar-refractivity contribution in [2.45, 2.75) is 38.4 Å². The number of nitrogens with zero attached hydrogens (tertiary/aromatic N) is 6. The predicted molar refractivity (Wildman–Crippen MR) is 110 cm³/mol. The number of nitrogens with one attached hydrogen (secondary N) is 1. The second-order valence-electron chi connectivity index (χ2n) is 7.70. The van der Waals surface area contributed by atoms with Crippen LogP contribution in [0, 0.1) is 22.7 Å². The van der Waals surface area contributed by atoms with Gasteiger partial charge in [0, 0.05) is 6.20 Å². The molecule has 3 rings (SSSR count). The number of rotatable bonds is 5. The number of halogens is 3. The summed E-state index contributed by atoms with van der Waals surface area (Å²) in [5, 5.41) is 24.8. The van der Waals surface area contributed by atoms with Gasteiger partial charge >= 0.3 is 6.18 Å². The molecule has 1 aromatic carbocycles. The molecule has 1 unspecified atom stereocenters. The Morgan fingerprint density at radius 2 is 1.88 bits per heavy atom. The number of nitriles is 2. The molecular formula is C22H18F3N7O. The van der Waals surface area contributed by atoms with Crippen LogP contribution >= 0.6 is 0 Å². The number of benzene rings is 1. The van der Waals surface area contributed by atoms with Crippen molar-refractivity contribution in [3.63, 3.8) is 0 Å². The molecule has 2 heterocycles. The number of aromatic nitrogens is 4.